The van der Waals surface area contributed by atoms with Gasteiger partial charge in [-0.05, 0) is 62.9 Å². The molecule has 2 aromatic carbocycles. The SMILES string of the molecule is Cn1nc2cccc3c2c1CCCNC(=O)[C@@H]1C[C@@H](CN1C(=O)OC(C)(C)C)Oc1cccc-3c1. The van der Waals surface area contributed by atoms with Crippen molar-refractivity contribution in [1.29, 1.82) is 0 Å². The molecular formula is C27H32N4O4. The number of ether oxygens (including phenoxy) is 2. The van der Waals surface area contributed by atoms with Crippen LogP contribution in [0.15, 0.2) is 42.5 Å². The van der Waals surface area contributed by atoms with E-state index in [2.05, 4.69) is 17.4 Å². The van der Waals surface area contributed by atoms with Crippen LogP contribution in [0.2, 0.25) is 0 Å². The molecule has 2 amide bonds. The van der Waals surface area contributed by atoms with Crippen LogP contribution in [0.5, 0.6) is 5.75 Å². The lowest BCUT2D eigenvalue weighted by Gasteiger charge is -2.27. The molecule has 2 aliphatic rings. The van der Waals surface area contributed by atoms with E-state index in [0.29, 0.717) is 25.3 Å². The van der Waals surface area contributed by atoms with E-state index in [-0.39, 0.29) is 12.0 Å². The molecule has 0 spiro atoms. The first-order chi connectivity index (χ1) is 16.7. The van der Waals surface area contributed by atoms with Gasteiger partial charge >= 0.3 is 6.09 Å². The first kappa shape index (κ1) is 23.2. The van der Waals surface area contributed by atoms with E-state index in [1.54, 1.807) is 0 Å². The van der Waals surface area contributed by atoms with Gasteiger partial charge in [0.25, 0.3) is 0 Å². The third kappa shape index (κ3) is 4.70. The second-order valence-corrected chi connectivity index (χ2v) is 10.3. The Bertz CT molecular complexity index is 1280. The van der Waals surface area contributed by atoms with Crippen molar-refractivity contribution in [1.82, 2.24) is 20.0 Å². The van der Waals surface area contributed by atoms with Crippen LogP contribution in [0, 0.1) is 0 Å². The van der Waals surface area contributed by atoms with Crippen molar-refractivity contribution >= 4 is 22.9 Å². The predicted octanol–water partition coefficient (Wildman–Crippen LogP) is 4.06. The van der Waals surface area contributed by atoms with Crippen molar-refractivity contribution in [2.24, 2.45) is 7.05 Å². The zero-order chi connectivity index (χ0) is 24.7. The number of aromatic nitrogens is 2. The molecule has 0 saturated carbocycles. The second kappa shape index (κ2) is 8.91. The van der Waals surface area contributed by atoms with Crippen molar-refractivity contribution in [2.45, 2.75) is 57.8 Å². The standard InChI is InChI=1S/C27H32N4O4/c1-27(2,3)35-26(33)31-16-19-15-23(31)25(32)28-13-7-12-22-24-20(10-6-11-21(24)29-30(22)4)17-8-5-9-18(14-17)34-19/h5-6,8-11,14,19,23H,7,12-13,15-16H2,1-4H3,(H,28,32)/t19-,23-/m0/s1. The first-order valence-corrected chi connectivity index (χ1v) is 12.2. The van der Waals surface area contributed by atoms with Gasteiger partial charge in [0.2, 0.25) is 5.91 Å². The first-order valence-electron chi connectivity index (χ1n) is 12.2. The molecule has 0 radical (unpaired) electrons. The molecule has 35 heavy (non-hydrogen) atoms. The number of aryl methyl sites for hydroxylation is 2. The Kier molecular flexibility index (Phi) is 5.91. The normalized spacial score (nSPS) is 20.6. The van der Waals surface area contributed by atoms with Gasteiger partial charge < -0.3 is 14.8 Å². The van der Waals surface area contributed by atoms with Gasteiger partial charge in [-0.1, -0.05) is 24.3 Å². The largest absolute Gasteiger partial charge is 0.488 e. The second-order valence-electron chi connectivity index (χ2n) is 10.3. The number of hydrogen-bond donors (Lipinski definition) is 1. The predicted molar refractivity (Wildman–Crippen MR) is 133 cm³/mol. The van der Waals surface area contributed by atoms with Crippen molar-refractivity contribution in [3.8, 4) is 16.9 Å². The summed E-state index contributed by atoms with van der Waals surface area (Å²) < 4.78 is 13.8. The van der Waals surface area contributed by atoms with Crippen LogP contribution in [-0.2, 0) is 23.0 Å². The maximum atomic E-state index is 13.1. The van der Waals surface area contributed by atoms with Gasteiger partial charge in [0.15, 0.2) is 0 Å². The highest BCUT2D eigenvalue weighted by Crippen LogP contribution is 2.34. The van der Waals surface area contributed by atoms with Crippen LogP contribution in [0.3, 0.4) is 0 Å². The minimum atomic E-state index is -0.649. The van der Waals surface area contributed by atoms with Crippen molar-refractivity contribution < 1.29 is 19.1 Å². The van der Waals surface area contributed by atoms with E-state index in [4.69, 9.17) is 14.6 Å². The van der Waals surface area contributed by atoms with E-state index in [1.807, 2.05) is 62.8 Å². The lowest BCUT2D eigenvalue weighted by Crippen LogP contribution is -2.47. The maximum Gasteiger partial charge on any atom is 0.411 e. The average molecular weight is 477 g/mol. The summed E-state index contributed by atoms with van der Waals surface area (Å²) in [6, 6.07) is 13.5. The van der Waals surface area contributed by atoms with Crippen molar-refractivity contribution in [3.05, 3.63) is 48.2 Å². The Balaban J connectivity index is 1.52. The molecule has 0 unspecified atom stereocenters. The quantitative estimate of drug-likeness (QED) is 0.529. The summed E-state index contributed by atoms with van der Waals surface area (Å²) in [7, 11) is 1.96. The summed E-state index contributed by atoms with van der Waals surface area (Å²) in [6.07, 6.45) is 1.13. The van der Waals surface area contributed by atoms with E-state index in [9.17, 15) is 9.59 Å². The maximum absolute atomic E-state index is 13.1. The van der Waals surface area contributed by atoms with Crippen LogP contribution >= 0.6 is 0 Å². The lowest BCUT2D eigenvalue weighted by molar-refractivity contribution is -0.125. The molecule has 1 fully saturated rings. The van der Waals surface area contributed by atoms with Gasteiger partial charge in [-0.25, -0.2) is 4.79 Å². The smallest absolute Gasteiger partial charge is 0.411 e. The van der Waals surface area contributed by atoms with Crippen LogP contribution in [0.25, 0.3) is 22.0 Å². The molecule has 1 N–H and O–H groups in total. The number of amides is 2. The zero-order valence-corrected chi connectivity index (χ0v) is 20.7. The van der Waals surface area contributed by atoms with E-state index in [0.717, 1.165) is 40.6 Å². The molecule has 1 aromatic heterocycles. The fourth-order valence-corrected chi connectivity index (χ4v) is 5.01. The minimum Gasteiger partial charge on any atom is -0.488 e. The number of nitrogens with one attached hydrogen (secondary N) is 1. The van der Waals surface area contributed by atoms with Gasteiger partial charge in [-0.2, -0.15) is 5.10 Å². The summed E-state index contributed by atoms with van der Waals surface area (Å²) >= 11 is 0. The van der Waals surface area contributed by atoms with Crippen molar-refractivity contribution in [3.63, 3.8) is 0 Å². The molecule has 184 valence electrons. The number of likely N-dealkylation sites (tertiary alicyclic amines) is 1. The van der Waals surface area contributed by atoms with Gasteiger partial charge in [0.1, 0.15) is 23.5 Å². The molecule has 2 atom stereocenters. The summed E-state index contributed by atoms with van der Waals surface area (Å²) in [5.41, 5.74) is 3.58. The topological polar surface area (TPSA) is 85.7 Å². The molecule has 2 aliphatic heterocycles. The number of fused-ring (bicyclic) bond motifs is 5. The van der Waals surface area contributed by atoms with Crippen LogP contribution in [-0.4, -0.2) is 57.5 Å². The number of benzene rings is 2. The fourth-order valence-electron chi connectivity index (χ4n) is 5.01. The fraction of sp³-hybridized carbons (Fsp3) is 0.444. The Morgan fingerprint density at radius 3 is 2.80 bits per heavy atom. The number of rotatable bonds is 0. The van der Waals surface area contributed by atoms with Crippen LogP contribution in [0.1, 0.15) is 39.3 Å². The third-order valence-corrected chi connectivity index (χ3v) is 6.51. The van der Waals surface area contributed by atoms with E-state index in [1.165, 1.54) is 4.90 Å². The summed E-state index contributed by atoms with van der Waals surface area (Å²) in [6.45, 7) is 6.26. The third-order valence-electron chi connectivity index (χ3n) is 6.51. The Morgan fingerprint density at radius 1 is 1.20 bits per heavy atom. The molecule has 8 heteroatoms. The highest BCUT2D eigenvalue weighted by atomic mass is 16.6. The summed E-state index contributed by atoms with van der Waals surface area (Å²) in [4.78, 5) is 27.6. The average Bonchev–Trinajstić information content (AvgIpc) is 3.35. The summed E-state index contributed by atoms with van der Waals surface area (Å²) in [5, 5.41) is 8.87. The van der Waals surface area contributed by atoms with E-state index < -0.39 is 17.7 Å². The number of carbonyl (C=O) groups excluding carboxylic acids is 2. The monoisotopic (exact) mass is 476 g/mol. The molecule has 0 aliphatic carbocycles. The number of hydrogen-bond acceptors (Lipinski definition) is 5. The molecule has 1 saturated heterocycles. The number of nitrogens with zero attached hydrogens (tertiary/aromatic N) is 3. The lowest BCUT2D eigenvalue weighted by atomic mass is 9.98. The molecule has 5 rings (SSSR count). The summed E-state index contributed by atoms with van der Waals surface area (Å²) in [5.74, 6) is 0.524. The van der Waals surface area contributed by atoms with Crippen LogP contribution in [0.4, 0.5) is 4.79 Å². The van der Waals surface area contributed by atoms with Gasteiger partial charge in [0.05, 0.1) is 12.1 Å². The Hall–Kier alpha value is -3.55. The van der Waals surface area contributed by atoms with E-state index >= 15 is 0 Å². The Morgan fingerprint density at radius 2 is 2.00 bits per heavy atom. The van der Waals surface area contributed by atoms with Crippen molar-refractivity contribution in [2.75, 3.05) is 13.1 Å². The molecule has 3 heterocycles. The Labute approximate surface area is 205 Å². The highest BCUT2D eigenvalue weighted by molar-refractivity contribution is 5.97. The van der Waals surface area contributed by atoms with Crippen LogP contribution < -0.4 is 10.1 Å². The highest BCUT2D eigenvalue weighted by Gasteiger charge is 2.42. The molecular weight excluding hydrogens is 444 g/mol. The molecule has 8 nitrogen and oxygen atoms in total. The van der Waals surface area contributed by atoms with Gasteiger partial charge in [-0.3, -0.25) is 14.4 Å². The van der Waals surface area contributed by atoms with Gasteiger partial charge in [0, 0.05) is 31.1 Å². The minimum absolute atomic E-state index is 0.180. The molecule has 3 aromatic rings. The number of carbonyl (C=O) groups is 2. The molecule has 4 bridgehead atoms. The zero-order valence-electron chi connectivity index (χ0n) is 20.7. The van der Waals surface area contributed by atoms with Gasteiger partial charge in [-0.15, -0.1) is 0 Å².